The van der Waals surface area contributed by atoms with E-state index in [0.29, 0.717) is 11.5 Å². The van der Waals surface area contributed by atoms with Gasteiger partial charge in [0.05, 0.1) is 39.9 Å². The molecular weight excluding hydrogens is 762 g/mol. The fourth-order valence-electron chi connectivity index (χ4n) is 6.98. The predicted octanol–water partition coefficient (Wildman–Crippen LogP) is 11.7. The summed E-state index contributed by atoms with van der Waals surface area (Å²) in [7, 11) is 11.3. The Balaban J connectivity index is 1.77. The van der Waals surface area contributed by atoms with Gasteiger partial charge in [0.15, 0.2) is 5.60 Å². The van der Waals surface area contributed by atoms with Gasteiger partial charge in [0.2, 0.25) is 0 Å². The maximum atomic E-state index is 14.2. The van der Waals surface area contributed by atoms with Crippen LogP contribution in [0.3, 0.4) is 0 Å². The summed E-state index contributed by atoms with van der Waals surface area (Å²) in [5.74, 6) is 0.697. The van der Waals surface area contributed by atoms with Crippen molar-refractivity contribution in [2.75, 3.05) is 52.2 Å². The van der Waals surface area contributed by atoms with Crippen LogP contribution in [0, 0.1) is 13.8 Å². The van der Waals surface area contributed by atoms with Gasteiger partial charge in [0.25, 0.3) is 0 Å². The van der Waals surface area contributed by atoms with Gasteiger partial charge in [-0.25, -0.2) is 4.79 Å². The molecule has 0 saturated carbocycles. The first-order chi connectivity index (χ1) is 25.7. The van der Waals surface area contributed by atoms with Crippen LogP contribution in [0.15, 0.2) is 97.1 Å². The molecule has 0 aliphatic carbocycles. The molecule has 0 saturated heterocycles. The molecule has 0 amide bonds. The van der Waals surface area contributed by atoms with E-state index in [-0.39, 0.29) is 31.2 Å². The Morgan fingerprint density at radius 1 is 0.593 bits per heavy atom. The zero-order chi connectivity index (χ0) is 39.1. The molecule has 5 aromatic rings. The molecule has 0 radical (unpaired) electrons. The number of esters is 1. The molecule has 0 spiro atoms. The van der Waals surface area contributed by atoms with E-state index in [9.17, 15) is 4.79 Å². The lowest BCUT2D eigenvalue weighted by molar-refractivity contribution is 0.0300. The van der Waals surface area contributed by atoms with E-state index < -0.39 is 11.6 Å². The van der Waals surface area contributed by atoms with Crippen molar-refractivity contribution in [1.82, 2.24) is 0 Å². The van der Waals surface area contributed by atoms with Crippen LogP contribution in [0.2, 0.25) is 20.1 Å². The molecule has 10 heteroatoms. The highest BCUT2D eigenvalue weighted by atomic mass is 35.5. The van der Waals surface area contributed by atoms with Gasteiger partial charge in [-0.15, -0.1) is 0 Å². The molecule has 6 rings (SSSR count). The molecule has 0 aromatic heterocycles. The van der Waals surface area contributed by atoms with E-state index in [1.54, 1.807) is 14.2 Å². The highest BCUT2D eigenvalue weighted by molar-refractivity contribution is 6.53. The number of nitrogens with zero attached hydrogens (tertiary/aromatic N) is 2. The summed E-state index contributed by atoms with van der Waals surface area (Å²) in [6.07, 6.45) is 3.83. The average molecular weight is 803 g/mol. The van der Waals surface area contributed by atoms with Crippen LogP contribution in [-0.2, 0) is 10.3 Å². The molecule has 0 unspecified atom stereocenters. The lowest BCUT2D eigenvalue weighted by Crippen LogP contribution is -2.23. The average Bonchev–Trinajstić information content (AvgIpc) is 3.45. The zero-order valence-corrected chi connectivity index (χ0v) is 34.3. The number of benzene rings is 5. The highest BCUT2D eigenvalue weighted by Crippen LogP contribution is 2.53. The van der Waals surface area contributed by atoms with E-state index >= 15 is 0 Å². The lowest BCUT2D eigenvalue weighted by atomic mass is 9.82. The van der Waals surface area contributed by atoms with Crippen molar-refractivity contribution in [3.05, 3.63) is 162 Å². The van der Waals surface area contributed by atoms with Gasteiger partial charge >= 0.3 is 5.97 Å². The molecule has 54 heavy (non-hydrogen) atoms. The SMILES string of the molecule is COc1ccc(/C(=C\C2(/C=C(\c3ccc(OC)cc3)c3ccc(N(C)C)c(C)c3)OC(=O)c3c(Cl)c(Cl)c(Cl)c(Cl)c32)c2ccc(N(C)C)c(C)c2)cc1. The third-order valence-corrected chi connectivity index (χ3v) is 11.4. The standard InChI is InChI=1S/C44H40Cl4N2O4/c1-25-21-29(13-19-35(25)49(3)4)33(27-9-15-31(52-7)16-10-27)23-44(38-37(43(51)54-44)39(45)41(47)42(48)40(38)46)24-34(28-11-17-32(53-8)18-12-28)30-14-20-36(50(5)6)26(2)22-30/h9-24H,1-8H3/b33-23+,34-24+. The van der Waals surface area contributed by atoms with Crippen LogP contribution in [0.25, 0.3) is 11.1 Å². The molecule has 0 N–H and O–H groups in total. The van der Waals surface area contributed by atoms with Gasteiger partial charge in [-0.05, 0) is 119 Å². The quantitative estimate of drug-likeness (QED) is 0.0796. The zero-order valence-electron chi connectivity index (χ0n) is 31.3. The number of hydrogen-bond donors (Lipinski definition) is 0. The summed E-state index contributed by atoms with van der Waals surface area (Å²) in [5, 5.41) is 0.00390. The van der Waals surface area contributed by atoms with Gasteiger partial charge in [-0.3, -0.25) is 0 Å². The van der Waals surface area contributed by atoms with Crippen molar-refractivity contribution >= 4 is 74.9 Å². The largest absolute Gasteiger partial charge is 0.497 e. The number of halogens is 4. The first-order valence-corrected chi connectivity index (χ1v) is 18.6. The number of cyclic esters (lactones) is 1. The minimum atomic E-state index is -1.64. The van der Waals surface area contributed by atoms with E-state index in [4.69, 9.17) is 60.6 Å². The molecular formula is C44H40Cl4N2O4. The molecule has 1 aliphatic heterocycles. The Morgan fingerprint density at radius 3 is 1.35 bits per heavy atom. The first-order valence-electron chi connectivity index (χ1n) is 17.1. The number of carbonyl (C=O) groups is 1. The number of fused-ring (bicyclic) bond motifs is 1. The maximum Gasteiger partial charge on any atom is 0.341 e. The third-order valence-electron chi connectivity index (χ3n) is 9.62. The van der Waals surface area contributed by atoms with Crippen molar-refractivity contribution < 1.29 is 19.0 Å². The fourth-order valence-corrected chi connectivity index (χ4v) is 8.05. The van der Waals surface area contributed by atoms with E-state index in [1.165, 1.54) is 0 Å². The number of aryl methyl sites for hydroxylation is 2. The first kappa shape index (κ1) is 39.1. The van der Waals surface area contributed by atoms with Crippen molar-refractivity contribution in [3.63, 3.8) is 0 Å². The number of methoxy groups -OCH3 is 2. The Labute approximate surface area is 337 Å². The second kappa shape index (κ2) is 15.6. The Morgan fingerprint density at radius 2 is 0.981 bits per heavy atom. The molecule has 6 nitrogen and oxygen atoms in total. The molecule has 5 aromatic carbocycles. The van der Waals surface area contributed by atoms with Crippen molar-refractivity contribution in [2.45, 2.75) is 19.4 Å². The number of rotatable bonds is 10. The van der Waals surface area contributed by atoms with Crippen molar-refractivity contribution in [2.24, 2.45) is 0 Å². The molecule has 1 heterocycles. The predicted molar refractivity (Wildman–Crippen MR) is 225 cm³/mol. The summed E-state index contributed by atoms with van der Waals surface area (Å²) in [6, 6.07) is 27.9. The fraction of sp³-hybridized carbons (Fsp3) is 0.205. The second-order valence-corrected chi connectivity index (χ2v) is 15.1. The van der Waals surface area contributed by atoms with Gasteiger partial charge in [-0.2, -0.15) is 0 Å². The van der Waals surface area contributed by atoms with Crippen LogP contribution >= 0.6 is 46.4 Å². The maximum absolute atomic E-state index is 14.2. The van der Waals surface area contributed by atoms with Gasteiger partial charge in [-0.1, -0.05) is 82.8 Å². The summed E-state index contributed by atoms with van der Waals surface area (Å²) < 4.78 is 17.6. The summed E-state index contributed by atoms with van der Waals surface area (Å²) >= 11 is 27.3. The smallest absolute Gasteiger partial charge is 0.341 e. The summed E-state index contributed by atoms with van der Waals surface area (Å²) in [6.45, 7) is 4.12. The Bertz CT molecular complexity index is 2190. The third kappa shape index (κ3) is 7.28. The second-order valence-electron chi connectivity index (χ2n) is 13.6. The van der Waals surface area contributed by atoms with Gasteiger partial charge in [0, 0.05) is 45.1 Å². The van der Waals surface area contributed by atoms with Crippen molar-refractivity contribution in [1.29, 1.82) is 0 Å². The monoisotopic (exact) mass is 800 g/mol. The van der Waals surface area contributed by atoms with Crippen molar-refractivity contribution in [3.8, 4) is 11.5 Å². The highest BCUT2D eigenvalue weighted by Gasteiger charge is 2.48. The molecule has 0 atom stereocenters. The van der Waals surface area contributed by atoms with E-state index in [1.807, 2.05) is 101 Å². The normalized spacial score (nSPS) is 13.7. The lowest BCUT2D eigenvalue weighted by Gasteiger charge is -2.28. The Kier molecular flexibility index (Phi) is 11.3. The van der Waals surface area contributed by atoms with Gasteiger partial charge < -0.3 is 24.0 Å². The van der Waals surface area contributed by atoms with E-state index in [0.717, 1.165) is 55.9 Å². The molecule has 1 aliphatic rings. The van der Waals surface area contributed by atoms with Crippen LogP contribution in [0.1, 0.15) is 49.3 Å². The number of ether oxygens (including phenoxy) is 3. The Hall–Kier alpha value is -4.59. The number of carbonyl (C=O) groups excluding carboxylic acids is 1. The molecule has 278 valence electrons. The number of hydrogen-bond acceptors (Lipinski definition) is 6. The van der Waals surface area contributed by atoms with Crippen LogP contribution in [-0.4, -0.2) is 48.4 Å². The minimum Gasteiger partial charge on any atom is -0.497 e. The number of anilines is 2. The minimum absolute atomic E-state index is 0.0147. The van der Waals surface area contributed by atoms with Crippen LogP contribution < -0.4 is 19.3 Å². The molecule has 0 fully saturated rings. The van der Waals surface area contributed by atoms with Gasteiger partial charge in [0.1, 0.15) is 11.5 Å². The summed E-state index contributed by atoms with van der Waals surface area (Å²) in [4.78, 5) is 18.3. The van der Waals surface area contributed by atoms with E-state index in [2.05, 4.69) is 47.9 Å². The summed E-state index contributed by atoms with van der Waals surface area (Å²) in [5.41, 5.74) is 7.86. The van der Waals surface area contributed by atoms with Crippen LogP contribution in [0.5, 0.6) is 11.5 Å². The van der Waals surface area contributed by atoms with Crippen LogP contribution in [0.4, 0.5) is 11.4 Å². The topological polar surface area (TPSA) is 51.2 Å². The molecule has 0 bridgehead atoms.